The predicted octanol–water partition coefficient (Wildman–Crippen LogP) is 4.05. The molecule has 0 aliphatic carbocycles. The molecule has 0 aromatic carbocycles. The minimum atomic E-state index is 0.769. The van der Waals surface area contributed by atoms with Crippen LogP contribution in [0.4, 0.5) is 0 Å². The number of hydrogen-bond donors (Lipinski definition) is 0. The van der Waals surface area contributed by atoms with Crippen LogP contribution in [0.3, 0.4) is 0 Å². The second-order valence-corrected chi connectivity index (χ2v) is 2.32. The van der Waals surface area contributed by atoms with Crippen LogP contribution in [-0.2, 0) is 0 Å². The number of terminal acetylenes is 1. The number of rotatable bonds is 2. The average Bonchev–Trinajstić information content (AvgIpc) is 2.10. The summed E-state index contributed by atoms with van der Waals surface area (Å²) in [5, 5.41) is 0. The van der Waals surface area contributed by atoms with Gasteiger partial charge in [0.25, 0.3) is 0 Å². The summed E-state index contributed by atoms with van der Waals surface area (Å²) in [6, 6.07) is 0. The molecule has 0 aromatic rings. The lowest BCUT2D eigenvalue weighted by Crippen LogP contribution is -1.81. The van der Waals surface area contributed by atoms with Gasteiger partial charge < -0.3 is 0 Å². The maximum absolute atomic E-state index is 4.00. The molecule has 0 amide bonds. The molecule has 0 saturated carbocycles. The van der Waals surface area contributed by atoms with Gasteiger partial charge in [-0.05, 0) is 19.8 Å². The Morgan fingerprint density at radius 2 is 1.67 bits per heavy atom. The van der Waals surface area contributed by atoms with Crippen molar-refractivity contribution in [2.24, 2.45) is 5.92 Å². The first-order chi connectivity index (χ1) is 5.72. The summed E-state index contributed by atoms with van der Waals surface area (Å²) in [7, 11) is 0. The fourth-order valence-corrected chi connectivity index (χ4v) is 0.465. The molecule has 1 atom stereocenters. The summed E-state index contributed by atoms with van der Waals surface area (Å²) in [6.45, 7) is 11.7. The Morgan fingerprint density at radius 3 is 1.75 bits per heavy atom. The van der Waals surface area contributed by atoms with E-state index in [1.165, 1.54) is 6.42 Å². The molecule has 0 aliphatic rings. The minimum absolute atomic E-state index is 0.769. The second-order valence-electron chi connectivity index (χ2n) is 2.32. The summed E-state index contributed by atoms with van der Waals surface area (Å²) in [5.41, 5.74) is 0. The lowest BCUT2D eigenvalue weighted by Gasteiger charge is -1.95. The van der Waals surface area contributed by atoms with Crippen molar-refractivity contribution in [2.75, 3.05) is 0 Å². The van der Waals surface area contributed by atoms with Gasteiger partial charge in [0, 0.05) is 0 Å². The number of hydrogen-bond acceptors (Lipinski definition) is 0. The van der Waals surface area contributed by atoms with E-state index in [9.17, 15) is 0 Å². The van der Waals surface area contributed by atoms with Crippen LogP contribution in [0.25, 0.3) is 0 Å². The zero-order valence-corrected chi connectivity index (χ0v) is 8.88. The third-order valence-corrected chi connectivity index (χ3v) is 1.16. The maximum atomic E-state index is 4.00. The average molecular weight is 166 g/mol. The van der Waals surface area contributed by atoms with E-state index in [1.54, 1.807) is 6.08 Å². The van der Waals surface area contributed by atoms with E-state index in [-0.39, 0.29) is 0 Å². The van der Waals surface area contributed by atoms with E-state index < -0.39 is 0 Å². The molecule has 0 bridgehead atoms. The predicted molar refractivity (Wildman–Crippen MR) is 60.0 cm³/mol. The third-order valence-electron chi connectivity index (χ3n) is 1.16. The topological polar surface area (TPSA) is 0 Å². The van der Waals surface area contributed by atoms with Crippen LogP contribution in [0.1, 0.15) is 34.1 Å². The van der Waals surface area contributed by atoms with E-state index in [0.717, 1.165) is 5.92 Å². The summed E-state index contributed by atoms with van der Waals surface area (Å²) < 4.78 is 0. The van der Waals surface area contributed by atoms with Crippen LogP contribution in [0.5, 0.6) is 0 Å². The van der Waals surface area contributed by atoms with Crippen LogP contribution in [0, 0.1) is 18.8 Å². The molecule has 0 aromatic heterocycles. The first-order valence-corrected chi connectivity index (χ1v) is 4.26. The Labute approximate surface area is 78.4 Å². The highest BCUT2D eigenvalue weighted by Crippen LogP contribution is 2.00. The molecule has 70 valence electrons. The van der Waals surface area contributed by atoms with Crippen LogP contribution in [0.15, 0.2) is 24.8 Å². The molecule has 0 aliphatic heterocycles. The molecule has 12 heavy (non-hydrogen) atoms. The van der Waals surface area contributed by atoms with Gasteiger partial charge >= 0.3 is 0 Å². The molecule has 0 heterocycles. The second kappa shape index (κ2) is 22.5. The van der Waals surface area contributed by atoms with Gasteiger partial charge in [-0.15, -0.1) is 19.4 Å². The van der Waals surface area contributed by atoms with E-state index in [4.69, 9.17) is 0 Å². The van der Waals surface area contributed by atoms with Gasteiger partial charge in [-0.3, -0.25) is 0 Å². The summed E-state index contributed by atoms with van der Waals surface area (Å²) in [5.74, 6) is 0.769. The highest BCUT2D eigenvalue weighted by atomic mass is 13.9. The van der Waals surface area contributed by atoms with Crippen LogP contribution >= 0.6 is 0 Å². The van der Waals surface area contributed by atoms with Crippen molar-refractivity contribution in [3.05, 3.63) is 24.8 Å². The van der Waals surface area contributed by atoms with Crippen molar-refractivity contribution in [1.82, 2.24) is 0 Å². The van der Waals surface area contributed by atoms with Crippen LogP contribution in [0.2, 0.25) is 0 Å². The van der Waals surface area contributed by atoms with Crippen molar-refractivity contribution in [2.45, 2.75) is 34.1 Å². The minimum Gasteiger partial charge on any atom is -0.124 e. The first kappa shape index (κ1) is 17.2. The first-order valence-electron chi connectivity index (χ1n) is 4.26. The fraction of sp³-hybridized carbons (Fsp3) is 0.500. The Morgan fingerprint density at radius 1 is 1.33 bits per heavy atom. The van der Waals surface area contributed by atoms with Crippen LogP contribution in [-0.4, -0.2) is 0 Å². The number of allylic oxidation sites excluding steroid dienone is 3. The molecule has 0 saturated heterocycles. The van der Waals surface area contributed by atoms with E-state index in [2.05, 4.69) is 52.3 Å². The van der Waals surface area contributed by atoms with Gasteiger partial charge in [0.15, 0.2) is 0 Å². The van der Waals surface area contributed by atoms with Gasteiger partial charge in [0.2, 0.25) is 0 Å². The van der Waals surface area contributed by atoms with Crippen LogP contribution < -0.4 is 0 Å². The van der Waals surface area contributed by atoms with Crippen molar-refractivity contribution in [1.29, 1.82) is 0 Å². The molecular formula is C12H22. The van der Waals surface area contributed by atoms with E-state index in [1.807, 2.05) is 6.92 Å². The molecule has 0 rings (SSSR count). The lowest BCUT2D eigenvalue weighted by atomic mass is 10.1. The Hall–Kier alpha value is -0.960. The SMILES string of the molecule is C#C.C/C=C\C(C)CC.C=CC. The van der Waals surface area contributed by atoms with E-state index in [0.29, 0.717) is 0 Å². The molecular weight excluding hydrogens is 144 g/mol. The fourth-order valence-electron chi connectivity index (χ4n) is 0.465. The normalized spacial score (nSPS) is 10.2. The zero-order valence-electron chi connectivity index (χ0n) is 8.88. The largest absolute Gasteiger partial charge is 0.124 e. The smallest absolute Gasteiger partial charge is 0.0265 e. The van der Waals surface area contributed by atoms with Gasteiger partial charge in [-0.2, -0.15) is 0 Å². The molecule has 0 nitrogen and oxygen atoms in total. The van der Waals surface area contributed by atoms with E-state index >= 15 is 0 Å². The van der Waals surface area contributed by atoms with Crippen molar-refractivity contribution >= 4 is 0 Å². The Balaban J connectivity index is -0.000000137. The lowest BCUT2D eigenvalue weighted by molar-refractivity contribution is 0.697. The Kier molecular flexibility index (Phi) is 32.3. The summed E-state index contributed by atoms with van der Waals surface area (Å²) >= 11 is 0. The molecule has 1 unspecified atom stereocenters. The molecule has 0 fully saturated rings. The highest BCUT2D eigenvalue weighted by Gasteiger charge is 1.85. The summed E-state index contributed by atoms with van der Waals surface area (Å²) in [6.07, 6.45) is 15.3. The van der Waals surface area contributed by atoms with Crippen molar-refractivity contribution in [3.63, 3.8) is 0 Å². The van der Waals surface area contributed by atoms with Crippen molar-refractivity contribution in [3.8, 4) is 12.8 Å². The molecule has 0 spiro atoms. The molecule has 0 N–H and O–H groups in total. The van der Waals surface area contributed by atoms with Gasteiger partial charge in [0.05, 0.1) is 0 Å². The quantitative estimate of drug-likeness (QED) is 0.429. The maximum Gasteiger partial charge on any atom is -0.0265 e. The van der Waals surface area contributed by atoms with Gasteiger partial charge in [-0.25, -0.2) is 0 Å². The highest BCUT2D eigenvalue weighted by molar-refractivity contribution is 4.81. The van der Waals surface area contributed by atoms with Crippen molar-refractivity contribution < 1.29 is 0 Å². The molecule has 0 heteroatoms. The monoisotopic (exact) mass is 166 g/mol. The van der Waals surface area contributed by atoms with Gasteiger partial charge in [-0.1, -0.05) is 38.5 Å². The Bertz CT molecular complexity index is 106. The van der Waals surface area contributed by atoms with Gasteiger partial charge in [0.1, 0.15) is 0 Å². The third kappa shape index (κ3) is 35.8. The molecule has 0 radical (unpaired) electrons. The zero-order chi connectivity index (χ0) is 10.4. The standard InChI is InChI=1S/C7H14.C3H6.C2H2/c1-4-6-7(3)5-2;1-3-2;1-2/h4,6-7H,5H2,1-3H3;3H,1H2,2H3;1-2H/b6-4-;;. The summed E-state index contributed by atoms with van der Waals surface area (Å²) in [4.78, 5) is 0.